The van der Waals surface area contributed by atoms with Crippen LogP contribution in [0.25, 0.3) is 0 Å². The van der Waals surface area contributed by atoms with Crippen LogP contribution in [0, 0.1) is 17.3 Å². The van der Waals surface area contributed by atoms with Gasteiger partial charge in [0.2, 0.25) is 5.95 Å². The first-order valence-electron chi connectivity index (χ1n) is 3.94. The molecule has 0 fully saturated rings. The van der Waals surface area contributed by atoms with Crippen molar-refractivity contribution in [2.45, 2.75) is 6.42 Å². The molecule has 0 saturated heterocycles. The molecule has 0 aromatic carbocycles. The molecule has 0 saturated carbocycles. The van der Waals surface area contributed by atoms with E-state index in [1.54, 1.807) is 24.1 Å². The predicted molar refractivity (Wildman–Crippen MR) is 47.7 cm³/mol. The fourth-order valence-corrected chi connectivity index (χ4v) is 0.942. The Hall–Kier alpha value is -1.63. The van der Waals surface area contributed by atoms with E-state index in [1.807, 2.05) is 6.07 Å². The summed E-state index contributed by atoms with van der Waals surface area (Å²) in [5.41, 5.74) is 0. The normalized spacial score (nSPS) is 9.31. The molecule has 1 aromatic heterocycles. The summed E-state index contributed by atoms with van der Waals surface area (Å²) in [6, 6.07) is 6.62. The molecule has 0 aliphatic carbocycles. The number of hydrogen-bond donors (Lipinski definition) is 0. The zero-order valence-corrected chi connectivity index (χ0v) is 7.37. The minimum atomic E-state index is -0.499. The molecular formula is C9H10FN3. The Balaban J connectivity index is 2.66. The van der Waals surface area contributed by atoms with E-state index in [1.165, 1.54) is 6.07 Å². The van der Waals surface area contributed by atoms with Crippen molar-refractivity contribution in [3.05, 3.63) is 24.1 Å². The molecule has 0 N–H and O–H groups in total. The van der Waals surface area contributed by atoms with Gasteiger partial charge in [-0.1, -0.05) is 6.07 Å². The summed E-state index contributed by atoms with van der Waals surface area (Å²) in [4.78, 5) is 5.42. The molecule has 1 rings (SSSR count). The molecule has 4 heteroatoms. The number of aromatic nitrogens is 1. The highest BCUT2D eigenvalue weighted by atomic mass is 19.1. The molecule has 3 nitrogen and oxygen atoms in total. The van der Waals surface area contributed by atoms with E-state index >= 15 is 0 Å². The van der Waals surface area contributed by atoms with E-state index in [4.69, 9.17) is 5.26 Å². The Labute approximate surface area is 76.4 Å². The van der Waals surface area contributed by atoms with Gasteiger partial charge < -0.3 is 4.90 Å². The minimum Gasteiger partial charge on any atom is -0.359 e. The van der Waals surface area contributed by atoms with Gasteiger partial charge in [-0.25, -0.2) is 4.98 Å². The number of pyridine rings is 1. The summed E-state index contributed by atoms with van der Waals surface area (Å²) in [5.74, 6) is 0.0524. The van der Waals surface area contributed by atoms with Gasteiger partial charge in [0.25, 0.3) is 0 Å². The van der Waals surface area contributed by atoms with E-state index in [2.05, 4.69) is 4.98 Å². The van der Waals surface area contributed by atoms with Gasteiger partial charge in [0.1, 0.15) is 5.82 Å². The second-order valence-corrected chi connectivity index (χ2v) is 2.65. The Morgan fingerprint density at radius 1 is 1.62 bits per heavy atom. The molecule has 0 radical (unpaired) electrons. The van der Waals surface area contributed by atoms with Gasteiger partial charge >= 0.3 is 0 Å². The summed E-state index contributed by atoms with van der Waals surface area (Å²) in [7, 11) is 1.78. The van der Waals surface area contributed by atoms with Gasteiger partial charge in [0.15, 0.2) is 0 Å². The van der Waals surface area contributed by atoms with E-state index in [0.717, 1.165) is 0 Å². The van der Waals surface area contributed by atoms with Gasteiger partial charge in [0.05, 0.1) is 12.5 Å². The maximum atomic E-state index is 12.6. The lowest BCUT2D eigenvalue weighted by Crippen LogP contribution is -2.19. The average molecular weight is 179 g/mol. The third-order valence-corrected chi connectivity index (χ3v) is 1.65. The van der Waals surface area contributed by atoms with Crippen molar-refractivity contribution < 1.29 is 4.39 Å². The van der Waals surface area contributed by atoms with Gasteiger partial charge in [-0.05, 0) is 12.1 Å². The van der Waals surface area contributed by atoms with Crippen LogP contribution in [-0.2, 0) is 0 Å². The van der Waals surface area contributed by atoms with Crippen LogP contribution in [0.1, 0.15) is 6.42 Å². The molecule has 0 bridgehead atoms. The minimum absolute atomic E-state index is 0.411. The van der Waals surface area contributed by atoms with E-state index < -0.39 is 5.95 Å². The smallest absolute Gasteiger partial charge is 0.214 e. The number of anilines is 1. The first-order chi connectivity index (χ1) is 6.24. The highest BCUT2D eigenvalue weighted by molar-refractivity contribution is 5.36. The van der Waals surface area contributed by atoms with Gasteiger partial charge in [-0.3, -0.25) is 0 Å². The Bertz CT molecular complexity index is 319. The summed E-state index contributed by atoms with van der Waals surface area (Å²) in [6.07, 6.45) is 0.411. The average Bonchev–Trinajstić information content (AvgIpc) is 2.14. The molecule has 0 atom stereocenters. The molecule has 0 aliphatic rings. The van der Waals surface area contributed by atoms with Gasteiger partial charge in [0, 0.05) is 13.6 Å². The summed E-state index contributed by atoms with van der Waals surface area (Å²) in [6.45, 7) is 0.562. The van der Waals surface area contributed by atoms with Crippen LogP contribution in [0.3, 0.4) is 0 Å². The fourth-order valence-electron chi connectivity index (χ4n) is 0.942. The highest BCUT2D eigenvalue weighted by Gasteiger charge is 2.01. The molecule has 0 amide bonds. The third kappa shape index (κ3) is 2.71. The summed E-state index contributed by atoms with van der Waals surface area (Å²) >= 11 is 0. The Kier molecular flexibility index (Phi) is 3.21. The molecule has 0 aliphatic heterocycles. The largest absolute Gasteiger partial charge is 0.359 e. The maximum Gasteiger partial charge on any atom is 0.214 e. The lowest BCUT2D eigenvalue weighted by Gasteiger charge is -2.15. The number of rotatable bonds is 3. The van der Waals surface area contributed by atoms with E-state index in [-0.39, 0.29) is 0 Å². The van der Waals surface area contributed by atoms with Crippen molar-refractivity contribution >= 4 is 5.82 Å². The molecular weight excluding hydrogens is 169 g/mol. The van der Waals surface area contributed by atoms with Crippen LogP contribution in [0.4, 0.5) is 10.2 Å². The summed E-state index contributed by atoms with van der Waals surface area (Å²) in [5, 5.41) is 8.35. The third-order valence-electron chi connectivity index (χ3n) is 1.65. The molecule has 0 unspecified atom stereocenters. The molecule has 0 spiro atoms. The fraction of sp³-hybridized carbons (Fsp3) is 0.333. The van der Waals surface area contributed by atoms with Crippen molar-refractivity contribution in [3.8, 4) is 6.07 Å². The number of hydrogen-bond acceptors (Lipinski definition) is 3. The highest BCUT2D eigenvalue weighted by Crippen LogP contribution is 2.08. The zero-order valence-electron chi connectivity index (χ0n) is 7.37. The Morgan fingerprint density at radius 3 is 3.00 bits per heavy atom. The maximum absolute atomic E-state index is 12.6. The molecule has 1 heterocycles. The van der Waals surface area contributed by atoms with Crippen LogP contribution in [0.5, 0.6) is 0 Å². The molecule has 1 aromatic rings. The van der Waals surface area contributed by atoms with Crippen LogP contribution in [0.15, 0.2) is 18.2 Å². The zero-order chi connectivity index (χ0) is 9.68. The van der Waals surface area contributed by atoms with Crippen LogP contribution in [-0.4, -0.2) is 18.6 Å². The molecule has 68 valence electrons. The van der Waals surface area contributed by atoms with Crippen molar-refractivity contribution in [2.75, 3.05) is 18.5 Å². The predicted octanol–water partition coefficient (Wildman–Crippen LogP) is 1.57. The van der Waals surface area contributed by atoms with E-state index in [0.29, 0.717) is 18.8 Å². The lowest BCUT2D eigenvalue weighted by atomic mass is 10.4. The quantitative estimate of drug-likeness (QED) is 0.661. The Morgan fingerprint density at radius 2 is 2.38 bits per heavy atom. The summed E-state index contributed by atoms with van der Waals surface area (Å²) < 4.78 is 12.6. The number of nitriles is 1. The van der Waals surface area contributed by atoms with Crippen molar-refractivity contribution in [2.24, 2.45) is 0 Å². The standard InChI is InChI=1S/C9H10FN3/c1-13(7-3-6-11)9-5-2-4-8(10)12-9/h2,4-5H,3,7H2,1H3. The first kappa shape index (κ1) is 9.46. The number of nitrogens with zero attached hydrogens (tertiary/aromatic N) is 3. The van der Waals surface area contributed by atoms with E-state index in [9.17, 15) is 4.39 Å². The monoisotopic (exact) mass is 179 g/mol. The van der Waals surface area contributed by atoms with Crippen molar-refractivity contribution in [1.29, 1.82) is 5.26 Å². The van der Waals surface area contributed by atoms with Crippen LogP contribution in [0.2, 0.25) is 0 Å². The van der Waals surface area contributed by atoms with Crippen LogP contribution >= 0.6 is 0 Å². The topological polar surface area (TPSA) is 39.9 Å². The molecule has 13 heavy (non-hydrogen) atoms. The number of halogens is 1. The second-order valence-electron chi connectivity index (χ2n) is 2.65. The SMILES string of the molecule is CN(CCC#N)c1cccc(F)n1. The second kappa shape index (κ2) is 4.41. The first-order valence-corrected chi connectivity index (χ1v) is 3.94. The van der Waals surface area contributed by atoms with Crippen molar-refractivity contribution in [1.82, 2.24) is 4.98 Å². The van der Waals surface area contributed by atoms with Gasteiger partial charge in [-0.2, -0.15) is 9.65 Å². The lowest BCUT2D eigenvalue weighted by molar-refractivity contribution is 0.582. The van der Waals surface area contributed by atoms with Crippen molar-refractivity contribution in [3.63, 3.8) is 0 Å². The van der Waals surface area contributed by atoms with Gasteiger partial charge in [-0.15, -0.1) is 0 Å². The van der Waals surface area contributed by atoms with Crippen LogP contribution < -0.4 is 4.90 Å².